The summed E-state index contributed by atoms with van der Waals surface area (Å²) in [6.45, 7) is 7.15. The Balaban J connectivity index is 1.83. The average Bonchev–Trinajstić information content (AvgIpc) is 2.83. The molecule has 2 N–H and O–H groups in total. The van der Waals surface area contributed by atoms with Gasteiger partial charge in [-0.2, -0.15) is 0 Å². The molecule has 1 atom stereocenters. The first kappa shape index (κ1) is 14.9. The van der Waals surface area contributed by atoms with Gasteiger partial charge < -0.3 is 10.4 Å². The second kappa shape index (κ2) is 6.33. The summed E-state index contributed by atoms with van der Waals surface area (Å²) in [5.74, 6) is 0.821. The van der Waals surface area contributed by atoms with E-state index in [2.05, 4.69) is 24.1 Å². The number of rotatable bonds is 5. The van der Waals surface area contributed by atoms with Crippen LogP contribution in [0.15, 0.2) is 5.51 Å². The van der Waals surface area contributed by atoms with Crippen LogP contribution in [0.2, 0.25) is 0 Å². The van der Waals surface area contributed by atoms with E-state index in [0.717, 1.165) is 24.5 Å². The molecular weight excluding hydrogens is 256 g/mol. The van der Waals surface area contributed by atoms with Gasteiger partial charge in [0.25, 0.3) is 0 Å². The lowest BCUT2D eigenvalue weighted by molar-refractivity contribution is -0.0103. The SMILES string of the molecule is CCC1CCC(O)(CNC(C)c2scnc2C)CC1. The van der Waals surface area contributed by atoms with Crippen molar-refractivity contribution < 1.29 is 5.11 Å². The predicted molar refractivity (Wildman–Crippen MR) is 80.5 cm³/mol. The zero-order chi connectivity index (χ0) is 13.9. The molecule has 0 saturated heterocycles. The Morgan fingerprint density at radius 2 is 2.21 bits per heavy atom. The predicted octanol–water partition coefficient (Wildman–Crippen LogP) is 3.43. The molecule has 3 nitrogen and oxygen atoms in total. The number of hydrogen-bond acceptors (Lipinski definition) is 4. The Labute approximate surface area is 120 Å². The van der Waals surface area contributed by atoms with Crippen molar-refractivity contribution in [2.45, 2.75) is 64.5 Å². The van der Waals surface area contributed by atoms with Crippen LogP contribution in [0.5, 0.6) is 0 Å². The molecule has 0 bridgehead atoms. The van der Waals surface area contributed by atoms with Gasteiger partial charge in [-0.25, -0.2) is 4.98 Å². The van der Waals surface area contributed by atoms with Gasteiger partial charge in [-0.1, -0.05) is 13.3 Å². The molecule has 4 heteroatoms. The molecule has 1 aromatic heterocycles. The summed E-state index contributed by atoms with van der Waals surface area (Å²) in [4.78, 5) is 5.57. The number of aryl methyl sites for hydroxylation is 1. The van der Waals surface area contributed by atoms with Crippen LogP contribution >= 0.6 is 11.3 Å². The van der Waals surface area contributed by atoms with Gasteiger partial charge in [0.1, 0.15) is 0 Å². The van der Waals surface area contributed by atoms with Gasteiger partial charge in [-0.15, -0.1) is 11.3 Å². The third-order valence-corrected chi connectivity index (χ3v) is 5.64. The van der Waals surface area contributed by atoms with E-state index in [4.69, 9.17) is 0 Å². The maximum atomic E-state index is 10.6. The topological polar surface area (TPSA) is 45.1 Å². The highest BCUT2D eigenvalue weighted by molar-refractivity contribution is 7.09. The minimum absolute atomic E-state index is 0.278. The number of hydrogen-bond donors (Lipinski definition) is 2. The number of nitrogens with one attached hydrogen (secondary N) is 1. The summed E-state index contributed by atoms with van der Waals surface area (Å²) in [7, 11) is 0. The van der Waals surface area contributed by atoms with Crippen LogP contribution in [-0.2, 0) is 0 Å². The number of nitrogens with zero attached hydrogens (tertiary/aromatic N) is 1. The third kappa shape index (κ3) is 3.77. The van der Waals surface area contributed by atoms with Crippen LogP contribution < -0.4 is 5.32 Å². The van der Waals surface area contributed by atoms with Gasteiger partial charge in [0, 0.05) is 17.5 Å². The van der Waals surface area contributed by atoms with E-state index >= 15 is 0 Å². The fourth-order valence-electron chi connectivity index (χ4n) is 2.96. The monoisotopic (exact) mass is 282 g/mol. The highest BCUT2D eigenvalue weighted by Gasteiger charge is 2.32. The zero-order valence-corrected chi connectivity index (χ0v) is 13.1. The molecule has 108 valence electrons. The van der Waals surface area contributed by atoms with Gasteiger partial charge in [0.05, 0.1) is 16.8 Å². The Kier molecular flexibility index (Phi) is 4.98. The molecule has 0 spiro atoms. The van der Waals surface area contributed by atoms with E-state index in [1.54, 1.807) is 11.3 Å². The van der Waals surface area contributed by atoms with Gasteiger partial charge in [-0.05, 0) is 45.4 Å². The molecule has 1 heterocycles. The van der Waals surface area contributed by atoms with E-state index in [-0.39, 0.29) is 6.04 Å². The fourth-order valence-corrected chi connectivity index (χ4v) is 3.80. The lowest BCUT2D eigenvalue weighted by Gasteiger charge is -2.36. The Morgan fingerprint density at radius 1 is 1.53 bits per heavy atom. The molecule has 2 rings (SSSR count). The van der Waals surface area contributed by atoms with Crippen LogP contribution in [0, 0.1) is 12.8 Å². The van der Waals surface area contributed by atoms with Crippen LogP contribution in [0.1, 0.15) is 62.6 Å². The highest BCUT2D eigenvalue weighted by Crippen LogP contribution is 2.33. The second-order valence-electron chi connectivity index (χ2n) is 5.98. The van der Waals surface area contributed by atoms with E-state index in [1.807, 2.05) is 12.4 Å². The first-order chi connectivity index (χ1) is 9.04. The molecule has 0 aliphatic heterocycles. The van der Waals surface area contributed by atoms with Crippen LogP contribution in [0.4, 0.5) is 0 Å². The quantitative estimate of drug-likeness (QED) is 0.869. The van der Waals surface area contributed by atoms with Crippen molar-refractivity contribution in [3.05, 3.63) is 16.1 Å². The Bertz CT molecular complexity index is 397. The third-order valence-electron chi connectivity index (χ3n) is 4.53. The molecule has 0 aromatic carbocycles. The Hall–Kier alpha value is -0.450. The molecule has 1 fully saturated rings. The van der Waals surface area contributed by atoms with E-state index in [0.29, 0.717) is 6.54 Å². The minimum Gasteiger partial charge on any atom is -0.389 e. The maximum absolute atomic E-state index is 10.6. The molecule has 1 unspecified atom stereocenters. The molecule has 1 aliphatic carbocycles. The van der Waals surface area contributed by atoms with Crippen molar-refractivity contribution in [1.82, 2.24) is 10.3 Å². The summed E-state index contributed by atoms with van der Waals surface area (Å²) >= 11 is 1.69. The van der Waals surface area contributed by atoms with E-state index in [1.165, 1.54) is 24.1 Å². The van der Waals surface area contributed by atoms with Crippen molar-refractivity contribution in [3.8, 4) is 0 Å². The highest BCUT2D eigenvalue weighted by atomic mass is 32.1. The summed E-state index contributed by atoms with van der Waals surface area (Å²) in [5.41, 5.74) is 2.49. The molecule has 1 aromatic rings. The minimum atomic E-state index is -0.501. The standard InChI is InChI=1S/C15H26N2OS/c1-4-13-5-7-15(18,8-6-13)9-16-11(2)14-12(3)17-10-19-14/h10-11,13,16,18H,4-9H2,1-3H3. The first-order valence-electron chi connectivity index (χ1n) is 7.40. The molecule has 1 aliphatic rings. The largest absolute Gasteiger partial charge is 0.389 e. The normalized spacial score (nSPS) is 29.4. The van der Waals surface area contributed by atoms with E-state index < -0.39 is 5.60 Å². The first-order valence-corrected chi connectivity index (χ1v) is 8.28. The van der Waals surface area contributed by atoms with Crippen molar-refractivity contribution in [3.63, 3.8) is 0 Å². The number of aliphatic hydroxyl groups is 1. The lowest BCUT2D eigenvalue weighted by Crippen LogP contribution is -2.44. The molecule has 1 saturated carbocycles. The maximum Gasteiger partial charge on any atom is 0.0798 e. The van der Waals surface area contributed by atoms with Crippen molar-refractivity contribution >= 4 is 11.3 Å². The number of aromatic nitrogens is 1. The smallest absolute Gasteiger partial charge is 0.0798 e. The van der Waals surface area contributed by atoms with Crippen LogP contribution in [-0.4, -0.2) is 22.2 Å². The summed E-state index contributed by atoms with van der Waals surface area (Å²) in [5, 5.41) is 14.1. The van der Waals surface area contributed by atoms with Gasteiger partial charge in [-0.3, -0.25) is 0 Å². The van der Waals surface area contributed by atoms with E-state index in [9.17, 15) is 5.11 Å². The van der Waals surface area contributed by atoms with Gasteiger partial charge in [0.15, 0.2) is 0 Å². The Morgan fingerprint density at radius 3 is 2.74 bits per heavy atom. The average molecular weight is 282 g/mol. The van der Waals surface area contributed by atoms with Crippen molar-refractivity contribution in [2.75, 3.05) is 6.54 Å². The van der Waals surface area contributed by atoms with Crippen molar-refractivity contribution in [2.24, 2.45) is 5.92 Å². The van der Waals surface area contributed by atoms with Crippen LogP contribution in [0.3, 0.4) is 0 Å². The molecule has 0 amide bonds. The molecule has 19 heavy (non-hydrogen) atoms. The second-order valence-corrected chi connectivity index (χ2v) is 6.87. The van der Waals surface area contributed by atoms with Crippen LogP contribution in [0.25, 0.3) is 0 Å². The molecular formula is C15H26N2OS. The van der Waals surface area contributed by atoms with Crippen molar-refractivity contribution in [1.29, 1.82) is 0 Å². The summed E-state index contributed by atoms with van der Waals surface area (Å²) < 4.78 is 0. The summed E-state index contributed by atoms with van der Waals surface area (Å²) in [6, 6.07) is 0.278. The van der Waals surface area contributed by atoms with Gasteiger partial charge >= 0.3 is 0 Å². The number of thiazole rings is 1. The fraction of sp³-hybridized carbons (Fsp3) is 0.800. The molecule has 0 radical (unpaired) electrons. The lowest BCUT2D eigenvalue weighted by atomic mass is 9.78. The van der Waals surface area contributed by atoms with Gasteiger partial charge in [0.2, 0.25) is 0 Å². The summed E-state index contributed by atoms with van der Waals surface area (Å²) in [6.07, 6.45) is 5.46. The zero-order valence-electron chi connectivity index (χ0n) is 12.3.